The van der Waals surface area contributed by atoms with Crippen molar-refractivity contribution < 1.29 is 23.8 Å². The summed E-state index contributed by atoms with van der Waals surface area (Å²) in [6.45, 7) is 1.11. The molecule has 0 aromatic heterocycles. The van der Waals surface area contributed by atoms with Crippen LogP contribution in [-0.2, 0) is 0 Å². The van der Waals surface area contributed by atoms with Gasteiger partial charge in [-0.3, -0.25) is 4.79 Å². The van der Waals surface area contributed by atoms with Crippen LogP contribution in [-0.4, -0.2) is 36.3 Å². The van der Waals surface area contributed by atoms with Crippen LogP contribution in [0.2, 0.25) is 0 Å². The number of rotatable bonds is 7. The van der Waals surface area contributed by atoms with Crippen LogP contribution >= 0.6 is 0 Å². The normalized spacial score (nSPS) is 15.8. The van der Waals surface area contributed by atoms with E-state index < -0.39 is 11.9 Å². The van der Waals surface area contributed by atoms with Crippen molar-refractivity contribution in [3.8, 4) is 5.75 Å². The minimum Gasteiger partial charge on any atom is -0.487 e. The Morgan fingerprint density at radius 3 is 2.46 bits per heavy atom. The third-order valence-corrected chi connectivity index (χ3v) is 4.39. The van der Waals surface area contributed by atoms with E-state index in [9.17, 15) is 14.0 Å². The maximum Gasteiger partial charge on any atom is 0.404 e. The lowest BCUT2D eigenvalue weighted by Gasteiger charge is -2.22. The second-order valence-corrected chi connectivity index (χ2v) is 6.47. The van der Waals surface area contributed by atoms with Gasteiger partial charge in [-0.15, -0.1) is 0 Å². The summed E-state index contributed by atoms with van der Waals surface area (Å²) in [5.41, 5.74) is 0.802. The van der Waals surface area contributed by atoms with Crippen LogP contribution in [0.3, 0.4) is 0 Å². The first kappa shape index (κ1) is 19.8. The summed E-state index contributed by atoms with van der Waals surface area (Å²) in [5, 5.41) is 13.6. The molecule has 0 unspecified atom stereocenters. The molecule has 0 atom stereocenters. The quantitative estimate of drug-likeness (QED) is 0.689. The predicted octanol–water partition coefficient (Wildman–Crippen LogP) is 3.64. The minimum absolute atomic E-state index is 0.0925. The predicted molar refractivity (Wildman–Crippen MR) is 96.1 cm³/mol. The molecule has 1 saturated carbocycles. The van der Waals surface area contributed by atoms with Crippen LogP contribution in [0.5, 0.6) is 5.75 Å². The van der Waals surface area contributed by atoms with E-state index in [1.165, 1.54) is 13.3 Å². The molecule has 1 aliphatic rings. The van der Waals surface area contributed by atoms with Crippen LogP contribution in [0.4, 0.5) is 9.18 Å². The molecule has 0 aliphatic heterocycles. The monoisotopic (exact) mass is 364 g/mol. The zero-order valence-electron chi connectivity index (χ0n) is 14.9. The molecule has 26 heavy (non-hydrogen) atoms. The van der Waals surface area contributed by atoms with Gasteiger partial charge in [0.25, 0.3) is 5.91 Å². The molecule has 1 aromatic rings. The number of carbonyl (C=O) groups is 2. The summed E-state index contributed by atoms with van der Waals surface area (Å²) in [6, 6.07) is 6.78. The number of carboxylic acid groups (broad SMARTS) is 1. The number of carbonyl (C=O) groups excluding carboxylic acids is 1. The summed E-state index contributed by atoms with van der Waals surface area (Å²) in [6.07, 6.45) is 4.37. The standard InChI is InChI=1S/C19H25FN2O4/c1-13(11-21-19(24)25)17(20)12-26-16-9-7-14(8-10-16)18(23)22-15-5-3-2-4-6-15/h7-10,15,21H,2-6,11-12H2,1H3,(H,22,23)(H,24,25)/b17-13-. The molecule has 0 saturated heterocycles. The number of amides is 2. The summed E-state index contributed by atoms with van der Waals surface area (Å²) in [5.74, 6) is -0.198. The van der Waals surface area contributed by atoms with Crippen LogP contribution in [0.25, 0.3) is 0 Å². The Labute approximate surface area is 152 Å². The van der Waals surface area contributed by atoms with Crippen molar-refractivity contribution in [2.75, 3.05) is 13.2 Å². The second kappa shape index (κ2) is 9.79. The third-order valence-electron chi connectivity index (χ3n) is 4.39. The van der Waals surface area contributed by atoms with E-state index in [0.29, 0.717) is 11.3 Å². The highest BCUT2D eigenvalue weighted by atomic mass is 19.1. The lowest BCUT2D eigenvalue weighted by Crippen LogP contribution is -2.36. The molecule has 142 valence electrons. The van der Waals surface area contributed by atoms with Crippen LogP contribution in [0.15, 0.2) is 35.7 Å². The van der Waals surface area contributed by atoms with E-state index in [2.05, 4.69) is 10.6 Å². The molecule has 0 radical (unpaired) electrons. The Kier molecular flexibility index (Phi) is 7.44. The second-order valence-electron chi connectivity index (χ2n) is 6.47. The molecule has 7 heteroatoms. The number of ether oxygens (including phenoxy) is 1. The van der Waals surface area contributed by atoms with Gasteiger partial charge in [-0.2, -0.15) is 0 Å². The van der Waals surface area contributed by atoms with Crippen molar-refractivity contribution in [1.29, 1.82) is 0 Å². The maximum absolute atomic E-state index is 13.9. The van der Waals surface area contributed by atoms with Gasteiger partial charge in [-0.05, 0) is 49.6 Å². The van der Waals surface area contributed by atoms with E-state index in [4.69, 9.17) is 9.84 Å². The van der Waals surface area contributed by atoms with Gasteiger partial charge in [0, 0.05) is 18.2 Å². The van der Waals surface area contributed by atoms with Gasteiger partial charge in [-0.25, -0.2) is 9.18 Å². The molecule has 3 N–H and O–H groups in total. The first-order valence-electron chi connectivity index (χ1n) is 8.80. The molecular weight excluding hydrogens is 339 g/mol. The Hall–Kier alpha value is -2.57. The van der Waals surface area contributed by atoms with Crippen molar-refractivity contribution in [3.05, 3.63) is 41.2 Å². The number of benzene rings is 1. The van der Waals surface area contributed by atoms with E-state index in [-0.39, 0.29) is 30.7 Å². The highest BCUT2D eigenvalue weighted by Gasteiger charge is 2.16. The number of hydrogen-bond donors (Lipinski definition) is 3. The Bertz CT molecular complexity index is 652. The fourth-order valence-electron chi connectivity index (χ4n) is 2.79. The molecule has 1 fully saturated rings. The largest absolute Gasteiger partial charge is 0.487 e. The Balaban J connectivity index is 1.83. The van der Waals surface area contributed by atoms with Crippen LogP contribution in [0.1, 0.15) is 49.4 Å². The van der Waals surface area contributed by atoms with Gasteiger partial charge >= 0.3 is 6.09 Å². The van der Waals surface area contributed by atoms with E-state index >= 15 is 0 Å². The lowest BCUT2D eigenvalue weighted by atomic mass is 9.95. The zero-order valence-corrected chi connectivity index (χ0v) is 14.9. The smallest absolute Gasteiger partial charge is 0.404 e. The van der Waals surface area contributed by atoms with Gasteiger partial charge in [-0.1, -0.05) is 19.3 Å². The third kappa shape index (κ3) is 6.38. The van der Waals surface area contributed by atoms with Crippen LogP contribution in [0, 0.1) is 0 Å². The SMILES string of the molecule is C/C(CNC(=O)O)=C(/F)COc1ccc(C(=O)NC2CCCCC2)cc1. The van der Waals surface area contributed by atoms with E-state index in [0.717, 1.165) is 25.7 Å². The van der Waals surface area contributed by atoms with Gasteiger partial charge in [0.05, 0.1) is 0 Å². The average Bonchev–Trinajstić information content (AvgIpc) is 2.65. The Morgan fingerprint density at radius 1 is 1.19 bits per heavy atom. The molecule has 0 spiro atoms. The highest BCUT2D eigenvalue weighted by Crippen LogP contribution is 2.19. The number of nitrogens with one attached hydrogen (secondary N) is 2. The van der Waals surface area contributed by atoms with Crippen molar-refractivity contribution >= 4 is 12.0 Å². The first-order valence-corrected chi connectivity index (χ1v) is 8.80. The van der Waals surface area contributed by atoms with Gasteiger partial charge in [0.1, 0.15) is 18.2 Å². The first-order chi connectivity index (χ1) is 12.5. The molecule has 1 aromatic carbocycles. The van der Waals surface area contributed by atoms with E-state index in [1.807, 2.05) is 0 Å². The van der Waals surface area contributed by atoms with Crippen molar-refractivity contribution in [3.63, 3.8) is 0 Å². The van der Waals surface area contributed by atoms with Crippen molar-refractivity contribution in [2.24, 2.45) is 0 Å². The summed E-state index contributed by atoms with van der Waals surface area (Å²) < 4.78 is 19.2. The number of hydrogen-bond acceptors (Lipinski definition) is 3. The lowest BCUT2D eigenvalue weighted by molar-refractivity contribution is 0.0927. The number of halogens is 1. The zero-order chi connectivity index (χ0) is 18.9. The fraction of sp³-hybridized carbons (Fsp3) is 0.474. The summed E-state index contributed by atoms with van der Waals surface area (Å²) >= 11 is 0. The Morgan fingerprint density at radius 2 is 1.85 bits per heavy atom. The molecule has 0 bridgehead atoms. The topological polar surface area (TPSA) is 87.7 Å². The van der Waals surface area contributed by atoms with E-state index in [1.54, 1.807) is 24.3 Å². The minimum atomic E-state index is -1.21. The summed E-state index contributed by atoms with van der Waals surface area (Å²) in [7, 11) is 0. The maximum atomic E-state index is 13.9. The van der Waals surface area contributed by atoms with Crippen molar-refractivity contribution in [2.45, 2.75) is 45.1 Å². The van der Waals surface area contributed by atoms with Crippen LogP contribution < -0.4 is 15.4 Å². The molecule has 2 amide bonds. The van der Waals surface area contributed by atoms with Gasteiger partial charge in [0.15, 0.2) is 0 Å². The molecular formula is C19H25FN2O4. The average molecular weight is 364 g/mol. The molecule has 2 rings (SSSR count). The summed E-state index contributed by atoms with van der Waals surface area (Å²) in [4.78, 5) is 22.6. The van der Waals surface area contributed by atoms with Crippen molar-refractivity contribution in [1.82, 2.24) is 10.6 Å². The molecule has 6 nitrogen and oxygen atoms in total. The van der Waals surface area contributed by atoms with Gasteiger partial charge in [0.2, 0.25) is 0 Å². The van der Waals surface area contributed by atoms with Gasteiger partial charge < -0.3 is 20.5 Å². The molecule has 1 aliphatic carbocycles. The highest BCUT2D eigenvalue weighted by molar-refractivity contribution is 5.94. The fourth-order valence-corrected chi connectivity index (χ4v) is 2.79. The molecule has 0 heterocycles.